The molecule has 3 heterocycles. The molecule has 5 rings (SSSR count). The Labute approximate surface area is 235 Å². The molecule has 0 saturated heterocycles. The Hall–Kier alpha value is -4.64. The lowest BCUT2D eigenvalue weighted by molar-refractivity contribution is 0.262. The minimum atomic E-state index is -0.391. The smallest absolute Gasteiger partial charge is 0.324 e. The molecule has 2 aromatic carbocycles. The van der Waals surface area contributed by atoms with Gasteiger partial charge in [-0.2, -0.15) is 5.10 Å². The van der Waals surface area contributed by atoms with Gasteiger partial charge in [0.1, 0.15) is 17.1 Å². The van der Waals surface area contributed by atoms with E-state index in [1.54, 1.807) is 40.8 Å². The number of fused-ring (bicyclic) bond motifs is 1. The quantitative estimate of drug-likeness (QED) is 0.200. The second-order valence-corrected chi connectivity index (χ2v) is 11.2. The number of amides is 2. The van der Waals surface area contributed by atoms with Crippen LogP contribution < -0.4 is 20.9 Å². The van der Waals surface area contributed by atoms with Crippen molar-refractivity contribution in [3.05, 3.63) is 89.1 Å². The highest BCUT2D eigenvalue weighted by Gasteiger charge is 2.22. The van der Waals surface area contributed by atoms with Gasteiger partial charge in [-0.15, -0.1) is 11.8 Å². The number of aromatic nitrogens is 5. The van der Waals surface area contributed by atoms with Crippen molar-refractivity contribution < 1.29 is 9.53 Å². The molecule has 5 aromatic rings. The van der Waals surface area contributed by atoms with Crippen LogP contribution in [0.1, 0.15) is 33.4 Å². The van der Waals surface area contributed by atoms with Crippen LogP contribution in [-0.4, -0.2) is 36.5 Å². The molecule has 2 amide bonds. The highest BCUT2D eigenvalue weighted by atomic mass is 32.2. The number of aromatic amines is 1. The number of hydrogen-bond acceptors (Lipinski definition) is 7. The molecule has 0 bridgehead atoms. The number of ether oxygens (including phenoxy) is 1. The molecule has 10 nitrogen and oxygen atoms in total. The van der Waals surface area contributed by atoms with Gasteiger partial charge in [0, 0.05) is 28.6 Å². The maximum absolute atomic E-state index is 13.2. The van der Waals surface area contributed by atoms with Crippen molar-refractivity contribution >= 4 is 40.5 Å². The molecule has 0 aliphatic heterocycles. The van der Waals surface area contributed by atoms with Crippen LogP contribution in [0.2, 0.25) is 0 Å². The fourth-order valence-corrected chi connectivity index (χ4v) is 4.74. The van der Waals surface area contributed by atoms with Crippen molar-refractivity contribution in [1.29, 1.82) is 0 Å². The molecule has 40 heavy (non-hydrogen) atoms. The molecular formula is C29H29N7O3S. The number of benzene rings is 2. The zero-order valence-electron chi connectivity index (χ0n) is 22.6. The van der Waals surface area contributed by atoms with Crippen LogP contribution in [-0.2, 0) is 5.41 Å². The maximum Gasteiger partial charge on any atom is 0.324 e. The van der Waals surface area contributed by atoms with Gasteiger partial charge in [0.15, 0.2) is 11.4 Å². The van der Waals surface area contributed by atoms with Gasteiger partial charge in [-0.3, -0.25) is 10.1 Å². The third-order valence-electron chi connectivity index (χ3n) is 5.89. The number of pyridine rings is 1. The first kappa shape index (κ1) is 26.9. The van der Waals surface area contributed by atoms with E-state index in [0.29, 0.717) is 34.2 Å². The lowest BCUT2D eigenvalue weighted by Crippen LogP contribution is -2.21. The number of urea groups is 1. The lowest BCUT2D eigenvalue weighted by atomic mass is 9.92. The number of carbonyl (C=O) groups is 1. The molecule has 3 N–H and O–H groups in total. The number of carbonyl (C=O) groups excluding carboxylic acids is 1. The highest BCUT2D eigenvalue weighted by Crippen LogP contribution is 2.34. The standard InChI is InChI=1S/C29H29N7O3S/c1-5-40-22-15-19(39-21-13-14-30-27-26(21)31-17-25(37)34-27)11-12-20(22)32-28(38)33-24-16-23(29(2,3)4)35-36(24)18-9-7-6-8-10-18/h6-17H,5H2,1-4H3,(H,30,34,37)(H2,32,33,38). The molecule has 11 heteroatoms. The highest BCUT2D eigenvalue weighted by molar-refractivity contribution is 7.99. The summed E-state index contributed by atoms with van der Waals surface area (Å²) in [5.41, 5.74) is 2.59. The Balaban J connectivity index is 1.38. The summed E-state index contributed by atoms with van der Waals surface area (Å²) in [6.07, 6.45) is 2.73. The van der Waals surface area contributed by atoms with E-state index in [1.807, 2.05) is 49.4 Å². The van der Waals surface area contributed by atoms with Gasteiger partial charge in [-0.05, 0) is 36.1 Å². The summed E-state index contributed by atoms with van der Waals surface area (Å²) in [5.74, 6) is 2.36. The second-order valence-electron chi connectivity index (χ2n) is 9.94. The summed E-state index contributed by atoms with van der Waals surface area (Å²) in [6, 6.07) is 18.3. The lowest BCUT2D eigenvalue weighted by Gasteiger charge is -2.14. The first-order valence-electron chi connectivity index (χ1n) is 12.7. The van der Waals surface area contributed by atoms with Crippen molar-refractivity contribution in [3.63, 3.8) is 0 Å². The summed E-state index contributed by atoms with van der Waals surface area (Å²) in [4.78, 5) is 36.6. The Morgan fingerprint density at radius 3 is 2.60 bits per heavy atom. The zero-order valence-corrected chi connectivity index (χ0v) is 23.4. The van der Waals surface area contributed by atoms with E-state index in [9.17, 15) is 9.59 Å². The van der Waals surface area contributed by atoms with E-state index in [1.165, 1.54) is 6.20 Å². The average molecular weight is 556 g/mol. The summed E-state index contributed by atoms with van der Waals surface area (Å²) >= 11 is 1.57. The van der Waals surface area contributed by atoms with Crippen molar-refractivity contribution in [1.82, 2.24) is 24.7 Å². The molecule has 0 aliphatic rings. The van der Waals surface area contributed by atoms with Crippen LogP contribution >= 0.6 is 11.8 Å². The van der Waals surface area contributed by atoms with Gasteiger partial charge in [0.25, 0.3) is 5.56 Å². The molecule has 204 valence electrons. The van der Waals surface area contributed by atoms with Crippen LogP contribution in [0.15, 0.2) is 82.7 Å². The van der Waals surface area contributed by atoms with E-state index in [4.69, 9.17) is 9.84 Å². The molecule has 0 radical (unpaired) electrons. The minimum Gasteiger partial charge on any atom is -0.455 e. The summed E-state index contributed by atoms with van der Waals surface area (Å²) in [6.45, 7) is 8.27. The van der Waals surface area contributed by atoms with E-state index in [2.05, 4.69) is 46.4 Å². The second kappa shape index (κ2) is 11.2. The van der Waals surface area contributed by atoms with Crippen molar-refractivity contribution in [2.45, 2.75) is 38.0 Å². The number of anilines is 2. The number of hydrogen-bond donors (Lipinski definition) is 3. The van der Waals surface area contributed by atoms with Crippen molar-refractivity contribution in [2.24, 2.45) is 0 Å². The third kappa shape index (κ3) is 5.99. The summed E-state index contributed by atoms with van der Waals surface area (Å²) in [5, 5.41) is 10.7. The molecule has 0 spiro atoms. The fourth-order valence-electron chi connectivity index (χ4n) is 3.95. The van der Waals surface area contributed by atoms with Crippen LogP contribution in [0.4, 0.5) is 16.3 Å². The summed E-state index contributed by atoms with van der Waals surface area (Å²) in [7, 11) is 0. The van der Waals surface area contributed by atoms with Crippen molar-refractivity contribution in [2.75, 3.05) is 16.4 Å². The number of para-hydroxylation sites is 1. The molecule has 0 saturated carbocycles. The number of rotatable bonds is 7. The molecular weight excluding hydrogens is 526 g/mol. The Bertz CT molecular complexity index is 1730. The number of thioether (sulfide) groups is 1. The molecule has 0 fully saturated rings. The maximum atomic E-state index is 13.2. The monoisotopic (exact) mass is 555 g/mol. The minimum absolute atomic E-state index is 0.196. The largest absolute Gasteiger partial charge is 0.455 e. The van der Waals surface area contributed by atoms with Gasteiger partial charge < -0.3 is 15.0 Å². The predicted octanol–water partition coefficient (Wildman–Crippen LogP) is 6.35. The van der Waals surface area contributed by atoms with Crippen LogP contribution in [0.3, 0.4) is 0 Å². The molecule has 0 aliphatic carbocycles. The van der Waals surface area contributed by atoms with Crippen LogP contribution in [0, 0.1) is 0 Å². The third-order valence-corrected chi connectivity index (χ3v) is 6.83. The normalized spacial score (nSPS) is 11.4. The predicted molar refractivity (Wildman–Crippen MR) is 158 cm³/mol. The first-order valence-corrected chi connectivity index (χ1v) is 13.7. The zero-order chi connectivity index (χ0) is 28.3. The fraction of sp³-hybridized carbons (Fsp3) is 0.207. The van der Waals surface area contributed by atoms with Crippen molar-refractivity contribution in [3.8, 4) is 17.2 Å². The molecule has 0 unspecified atom stereocenters. The Kier molecular flexibility index (Phi) is 7.56. The van der Waals surface area contributed by atoms with E-state index in [-0.39, 0.29) is 11.0 Å². The van der Waals surface area contributed by atoms with E-state index in [0.717, 1.165) is 22.0 Å². The van der Waals surface area contributed by atoms with Crippen LogP contribution in [0.25, 0.3) is 16.9 Å². The van der Waals surface area contributed by atoms with E-state index >= 15 is 0 Å². The Morgan fingerprint density at radius 2 is 1.85 bits per heavy atom. The van der Waals surface area contributed by atoms with Gasteiger partial charge >= 0.3 is 6.03 Å². The van der Waals surface area contributed by atoms with Gasteiger partial charge in [0.05, 0.1) is 23.3 Å². The SMILES string of the molecule is CCSc1cc(Oc2ccnc3[nH]c(=O)cnc23)ccc1NC(=O)Nc1cc(C(C)(C)C)nn1-c1ccccc1. The topological polar surface area (TPSA) is 127 Å². The Morgan fingerprint density at radius 1 is 1.05 bits per heavy atom. The number of nitrogens with one attached hydrogen (secondary N) is 3. The number of H-pyrrole nitrogens is 1. The molecule has 0 atom stereocenters. The molecule has 3 aromatic heterocycles. The summed E-state index contributed by atoms with van der Waals surface area (Å²) < 4.78 is 7.83. The van der Waals surface area contributed by atoms with Gasteiger partial charge in [-0.25, -0.2) is 19.4 Å². The van der Waals surface area contributed by atoms with Gasteiger partial charge in [0.2, 0.25) is 0 Å². The van der Waals surface area contributed by atoms with Gasteiger partial charge in [-0.1, -0.05) is 45.9 Å². The van der Waals surface area contributed by atoms with Crippen LogP contribution in [0.5, 0.6) is 11.5 Å². The number of nitrogens with zero attached hydrogens (tertiary/aromatic N) is 4. The first-order chi connectivity index (χ1) is 19.2. The van der Waals surface area contributed by atoms with E-state index < -0.39 is 6.03 Å². The average Bonchev–Trinajstić information content (AvgIpc) is 3.35.